The van der Waals surface area contributed by atoms with Crippen molar-refractivity contribution in [3.63, 3.8) is 0 Å². The van der Waals surface area contributed by atoms with Crippen molar-refractivity contribution in [3.8, 4) is 17.8 Å². The Bertz CT molecular complexity index is 577. The highest BCUT2D eigenvalue weighted by atomic mass is 35.5. The van der Waals surface area contributed by atoms with Crippen LogP contribution in [0.2, 0.25) is 5.02 Å². The average molecular weight is 267 g/mol. The summed E-state index contributed by atoms with van der Waals surface area (Å²) in [6.45, 7) is 1.86. The predicted octanol–water partition coefficient (Wildman–Crippen LogP) is 2.22. The van der Waals surface area contributed by atoms with E-state index in [9.17, 15) is 0 Å². The summed E-state index contributed by atoms with van der Waals surface area (Å²) >= 11 is 5.86. The number of methoxy groups -OCH3 is 1. The van der Waals surface area contributed by atoms with Gasteiger partial charge in [0.2, 0.25) is 5.95 Å². The Labute approximate surface area is 109 Å². The number of hydrogen-bond acceptors (Lipinski definition) is 6. The third kappa shape index (κ3) is 2.78. The Morgan fingerprint density at radius 3 is 2.56 bits per heavy atom. The van der Waals surface area contributed by atoms with Crippen LogP contribution in [0.4, 0.5) is 5.95 Å². The van der Waals surface area contributed by atoms with E-state index in [1.165, 1.54) is 7.11 Å². The summed E-state index contributed by atoms with van der Waals surface area (Å²) in [5.74, 6) is 0.621. The molecule has 0 spiro atoms. The molecule has 18 heavy (non-hydrogen) atoms. The van der Waals surface area contributed by atoms with Gasteiger partial charge in [-0.05, 0) is 30.7 Å². The van der Waals surface area contributed by atoms with E-state index in [0.717, 1.165) is 5.56 Å². The zero-order valence-electron chi connectivity index (χ0n) is 9.85. The minimum Gasteiger partial charge on any atom is -0.467 e. The lowest BCUT2D eigenvalue weighted by Gasteiger charge is -2.08. The molecule has 0 atom stereocenters. The van der Waals surface area contributed by atoms with Crippen LogP contribution in [0.5, 0.6) is 17.8 Å². The number of anilines is 1. The van der Waals surface area contributed by atoms with Crippen molar-refractivity contribution in [3.05, 3.63) is 28.8 Å². The Hall–Kier alpha value is -2.08. The van der Waals surface area contributed by atoms with Gasteiger partial charge in [0.05, 0.1) is 7.11 Å². The second-order valence-corrected chi connectivity index (χ2v) is 3.91. The highest BCUT2D eigenvalue weighted by molar-refractivity contribution is 6.30. The number of aromatic nitrogens is 3. The SMILES string of the molecule is COc1nc(N)nc(Oc2ccc(Cl)cc2C)n1. The zero-order valence-corrected chi connectivity index (χ0v) is 10.6. The molecule has 0 bridgehead atoms. The Morgan fingerprint density at radius 1 is 1.17 bits per heavy atom. The first kappa shape index (κ1) is 12.4. The molecule has 0 aliphatic carbocycles. The first-order valence-corrected chi connectivity index (χ1v) is 5.46. The molecule has 0 amide bonds. The molecule has 2 N–H and O–H groups in total. The largest absolute Gasteiger partial charge is 0.467 e. The zero-order chi connectivity index (χ0) is 13.1. The van der Waals surface area contributed by atoms with Gasteiger partial charge in [-0.2, -0.15) is 9.97 Å². The van der Waals surface area contributed by atoms with Crippen molar-refractivity contribution in [1.82, 2.24) is 15.0 Å². The molecule has 2 rings (SSSR count). The number of aryl methyl sites for hydroxylation is 1. The van der Waals surface area contributed by atoms with E-state index < -0.39 is 0 Å². The first-order valence-electron chi connectivity index (χ1n) is 5.08. The molecule has 94 valence electrons. The number of benzene rings is 1. The smallest absolute Gasteiger partial charge is 0.330 e. The fraction of sp³-hybridized carbons (Fsp3) is 0.182. The number of rotatable bonds is 3. The number of halogens is 1. The summed E-state index contributed by atoms with van der Waals surface area (Å²) in [6, 6.07) is 5.39. The second kappa shape index (κ2) is 5.05. The highest BCUT2D eigenvalue weighted by Gasteiger charge is 2.08. The van der Waals surface area contributed by atoms with Gasteiger partial charge in [0.1, 0.15) is 5.75 Å². The first-order chi connectivity index (χ1) is 8.58. The van der Waals surface area contributed by atoms with E-state index in [0.29, 0.717) is 10.8 Å². The van der Waals surface area contributed by atoms with Crippen LogP contribution in [-0.2, 0) is 0 Å². The fourth-order valence-corrected chi connectivity index (χ4v) is 1.54. The molecule has 1 heterocycles. The third-order valence-electron chi connectivity index (χ3n) is 2.13. The van der Waals surface area contributed by atoms with Gasteiger partial charge in [-0.15, -0.1) is 4.98 Å². The number of nitrogens with zero attached hydrogens (tertiary/aromatic N) is 3. The van der Waals surface area contributed by atoms with Crippen LogP contribution < -0.4 is 15.2 Å². The van der Waals surface area contributed by atoms with Gasteiger partial charge in [-0.3, -0.25) is 0 Å². The quantitative estimate of drug-likeness (QED) is 0.917. The summed E-state index contributed by atoms with van der Waals surface area (Å²) in [7, 11) is 1.44. The average Bonchev–Trinajstić information content (AvgIpc) is 2.32. The minimum atomic E-state index is 0.0310. The topological polar surface area (TPSA) is 83.2 Å². The van der Waals surface area contributed by atoms with Crippen molar-refractivity contribution in [2.75, 3.05) is 12.8 Å². The molecule has 1 aromatic carbocycles. The molecule has 0 saturated carbocycles. The maximum Gasteiger partial charge on any atom is 0.330 e. The molecule has 2 aromatic rings. The van der Waals surface area contributed by atoms with E-state index in [1.807, 2.05) is 6.92 Å². The van der Waals surface area contributed by atoms with E-state index in [1.54, 1.807) is 18.2 Å². The standard InChI is InChI=1S/C11H11ClN4O2/c1-6-5-7(12)3-4-8(6)18-11-15-9(13)14-10(16-11)17-2/h3-5H,1-2H3,(H2,13,14,15,16). The summed E-state index contributed by atoms with van der Waals surface area (Å²) in [5.41, 5.74) is 6.37. The van der Waals surface area contributed by atoms with Crippen molar-refractivity contribution >= 4 is 17.5 Å². The maximum absolute atomic E-state index is 5.86. The number of ether oxygens (including phenoxy) is 2. The second-order valence-electron chi connectivity index (χ2n) is 3.47. The van der Waals surface area contributed by atoms with E-state index in [-0.39, 0.29) is 18.0 Å². The summed E-state index contributed by atoms with van der Waals surface area (Å²) < 4.78 is 10.4. The summed E-state index contributed by atoms with van der Waals surface area (Å²) in [6.07, 6.45) is 0. The summed E-state index contributed by atoms with van der Waals surface area (Å²) in [4.78, 5) is 11.6. The van der Waals surface area contributed by atoms with Crippen LogP contribution in [0.3, 0.4) is 0 Å². The molecule has 7 heteroatoms. The van der Waals surface area contributed by atoms with E-state index >= 15 is 0 Å². The van der Waals surface area contributed by atoms with E-state index in [4.69, 9.17) is 26.8 Å². The van der Waals surface area contributed by atoms with Crippen LogP contribution in [0, 0.1) is 6.92 Å². The van der Waals surface area contributed by atoms with Gasteiger partial charge in [-0.1, -0.05) is 11.6 Å². The number of nitrogens with two attached hydrogens (primary N) is 1. The molecule has 0 aliphatic rings. The van der Waals surface area contributed by atoms with Gasteiger partial charge < -0.3 is 15.2 Å². The van der Waals surface area contributed by atoms with E-state index in [2.05, 4.69) is 15.0 Å². The van der Waals surface area contributed by atoms with Gasteiger partial charge in [-0.25, -0.2) is 0 Å². The van der Waals surface area contributed by atoms with Crippen LogP contribution >= 0.6 is 11.6 Å². The lowest BCUT2D eigenvalue weighted by molar-refractivity contribution is 0.360. The minimum absolute atomic E-state index is 0.0310. The van der Waals surface area contributed by atoms with Crippen molar-refractivity contribution in [1.29, 1.82) is 0 Å². The molecule has 0 radical (unpaired) electrons. The van der Waals surface area contributed by atoms with Crippen LogP contribution in [0.15, 0.2) is 18.2 Å². The van der Waals surface area contributed by atoms with Crippen molar-refractivity contribution in [2.45, 2.75) is 6.92 Å². The molecule has 0 fully saturated rings. The number of nitrogen functional groups attached to an aromatic ring is 1. The Kier molecular flexibility index (Phi) is 3.47. The van der Waals surface area contributed by atoms with Gasteiger partial charge >= 0.3 is 12.0 Å². The molecular formula is C11H11ClN4O2. The monoisotopic (exact) mass is 266 g/mol. The van der Waals surface area contributed by atoms with Crippen LogP contribution in [0.25, 0.3) is 0 Å². The highest BCUT2D eigenvalue weighted by Crippen LogP contribution is 2.26. The molecule has 0 unspecified atom stereocenters. The molecule has 6 nitrogen and oxygen atoms in total. The Morgan fingerprint density at radius 2 is 1.89 bits per heavy atom. The molecular weight excluding hydrogens is 256 g/mol. The van der Waals surface area contributed by atoms with Gasteiger partial charge in [0.25, 0.3) is 0 Å². The lowest BCUT2D eigenvalue weighted by atomic mass is 10.2. The predicted molar refractivity (Wildman–Crippen MR) is 67.1 cm³/mol. The fourth-order valence-electron chi connectivity index (χ4n) is 1.32. The lowest BCUT2D eigenvalue weighted by Crippen LogP contribution is -2.03. The van der Waals surface area contributed by atoms with Gasteiger partial charge in [0, 0.05) is 5.02 Å². The third-order valence-corrected chi connectivity index (χ3v) is 2.37. The molecule has 0 saturated heterocycles. The van der Waals surface area contributed by atoms with Crippen LogP contribution in [-0.4, -0.2) is 22.1 Å². The normalized spacial score (nSPS) is 10.2. The van der Waals surface area contributed by atoms with Crippen LogP contribution in [0.1, 0.15) is 5.56 Å². The van der Waals surface area contributed by atoms with Crippen molar-refractivity contribution < 1.29 is 9.47 Å². The molecule has 1 aromatic heterocycles. The Balaban J connectivity index is 2.30. The molecule has 0 aliphatic heterocycles. The maximum atomic E-state index is 5.86. The van der Waals surface area contributed by atoms with Crippen molar-refractivity contribution in [2.24, 2.45) is 0 Å². The number of hydrogen-bond donors (Lipinski definition) is 1. The van der Waals surface area contributed by atoms with Gasteiger partial charge in [0.15, 0.2) is 0 Å². The summed E-state index contributed by atoms with van der Waals surface area (Å²) in [5, 5.41) is 0.632.